The summed E-state index contributed by atoms with van der Waals surface area (Å²) in [5.74, 6) is 0.706. The third-order valence-corrected chi connectivity index (χ3v) is 3.96. The van der Waals surface area contributed by atoms with Crippen LogP contribution >= 0.6 is 22.9 Å². The molecule has 0 fully saturated rings. The molecule has 0 atom stereocenters. The first-order valence-electron chi connectivity index (χ1n) is 7.16. The van der Waals surface area contributed by atoms with Crippen LogP contribution in [0.2, 0.25) is 5.02 Å². The zero-order chi connectivity index (χ0) is 16.8. The molecular formula is C17H14ClN3O2S. The van der Waals surface area contributed by atoms with Gasteiger partial charge in [0.05, 0.1) is 0 Å². The molecule has 0 bridgehead atoms. The number of nitrogens with one attached hydrogen (secondary N) is 2. The third kappa shape index (κ3) is 4.71. The number of aromatic nitrogens is 1. The molecule has 1 aromatic heterocycles. The number of benzene rings is 2. The second kappa shape index (κ2) is 7.81. The van der Waals surface area contributed by atoms with Crippen LogP contribution in [0.5, 0.6) is 10.9 Å². The molecule has 0 aliphatic carbocycles. The van der Waals surface area contributed by atoms with Crippen molar-refractivity contribution in [2.75, 3.05) is 5.32 Å². The molecule has 7 heteroatoms. The predicted molar refractivity (Wildman–Crippen MR) is 95.9 cm³/mol. The Bertz CT molecular complexity index is 807. The second-order valence-electron chi connectivity index (χ2n) is 4.86. The lowest BCUT2D eigenvalue weighted by Crippen LogP contribution is -2.28. The van der Waals surface area contributed by atoms with Gasteiger partial charge in [-0.2, -0.15) is 0 Å². The van der Waals surface area contributed by atoms with Gasteiger partial charge in [-0.3, -0.25) is 0 Å². The molecule has 2 aromatic carbocycles. The Hall–Kier alpha value is -2.57. The summed E-state index contributed by atoms with van der Waals surface area (Å²) in [5, 5.41) is 8.54. The maximum absolute atomic E-state index is 11.9. The summed E-state index contributed by atoms with van der Waals surface area (Å²) in [4.78, 5) is 15.9. The van der Waals surface area contributed by atoms with Gasteiger partial charge in [0, 0.05) is 28.8 Å². The van der Waals surface area contributed by atoms with Gasteiger partial charge < -0.3 is 15.4 Å². The minimum absolute atomic E-state index is 0.291. The molecule has 0 aliphatic rings. The van der Waals surface area contributed by atoms with Crippen LogP contribution < -0.4 is 15.4 Å². The number of halogens is 1. The van der Waals surface area contributed by atoms with Crippen molar-refractivity contribution in [2.45, 2.75) is 6.54 Å². The fourth-order valence-electron chi connectivity index (χ4n) is 1.96. The van der Waals surface area contributed by atoms with Gasteiger partial charge in [-0.1, -0.05) is 41.1 Å². The van der Waals surface area contributed by atoms with E-state index in [9.17, 15) is 4.79 Å². The maximum atomic E-state index is 11.9. The van der Waals surface area contributed by atoms with Gasteiger partial charge in [0.25, 0.3) is 5.19 Å². The Morgan fingerprint density at radius 1 is 1.21 bits per heavy atom. The molecule has 0 aliphatic heterocycles. The molecule has 24 heavy (non-hydrogen) atoms. The molecule has 0 saturated carbocycles. The van der Waals surface area contributed by atoms with E-state index < -0.39 is 0 Å². The molecule has 0 saturated heterocycles. The first-order valence-corrected chi connectivity index (χ1v) is 8.41. The molecule has 0 unspecified atom stereocenters. The van der Waals surface area contributed by atoms with Crippen LogP contribution in [-0.4, -0.2) is 11.0 Å². The Kier molecular flexibility index (Phi) is 5.30. The van der Waals surface area contributed by atoms with E-state index in [1.807, 2.05) is 29.6 Å². The lowest BCUT2D eigenvalue weighted by Gasteiger charge is -2.08. The van der Waals surface area contributed by atoms with Crippen molar-refractivity contribution in [1.29, 1.82) is 0 Å². The number of hydrogen-bond acceptors (Lipinski definition) is 4. The first-order chi connectivity index (χ1) is 11.7. The van der Waals surface area contributed by atoms with Gasteiger partial charge in [0.15, 0.2) is 0 Å². The van der Waals surface area contributed by atoms with Gasteiger partial charge in [0.2, 0.25) is 0 Å². The fourth-order valence-corrected chi connectivity index (χ4v) is 2.66. The molecule has 122 valence electrons. The molecule has 1 heterocycles. The van der Waals surface area contributed by atoms with Crippen molar-refractivity contribution in [2.24, 2.45) is 0 Å². The quantitative estimate of drug-likeness (QED) is 0.680. The van der Waals surface area contributed by atoms with Crippen LogP contribution in [-0.2, 0) is 6.54 Å². The van der Waals surface area contributed by atoms with Gasteiger partial charge >= 0.3 is 6.03 Å². The summed E-state index contributed by atoms with van der Waals surface area (Å²) < 4.78 is 5.58. The molecule has 0 radical (unpaired) electrons. The van der Waals surface area contributed by atoms with Crippen molar-refractivity contribution in [3.8, 4) is 10.9 Å². The van der Waals surface area contributed by atoms with E-state index in [-0.39, 0.29) is 6.03 Å². The van der Waals surface area contributed by atoms with Crippen molar-refractivity contribution in [1.82, 2.24) is 10.3 Å². The third-order valence-electron chi connectivity index (χ3n) is 3.07. The van der Waals surface area contributed by atoms with Crippen LogP contribution in [0.3, 0.4) is 0 Å². The van der Waals surface area contributed by atoms with E-state index in [1.165, 1.54) is 11.3 Å². The van der Waals surface area contributed by atoms with Gasteiger partial charge in [-0.15, -0.1) is 0 Å². The molecule has 5 nitrogen and oxygen atoms in total. The summed E-state index contributed by atoms with van der Waals surface area (Å²) in [6.45, 7) is 0.407. The number of carbonyl (C=O) groups excluding carboxylic acids is 1. The number of thiazole rings is 1. The largest absolute Gasteiger partial charge is 0.431 e. The number of amides is 2. The average molecular weight is 360 g/mol. The molecular weight excluding hydrogens is 346 g/mol. The summed E-state index contributed by atoms with van der Waals surface area (Å²) in [6, 6.07) is 14.2. The van der Waals surface area contributed by atoms with Crippen molar-refractivity contribution in [3.63, 3.8) is 0 Å². The highest BCUT2D eigenvalue weighted by Crippen LogP contribution is 2.23. The number of ether oxygens (including phenoxy) is 1. The van der Waals surface area contributed by atoms with Crippen LogP contribution in [0, 0.1) is 0 Å². The standard InChI is InChI=1S/C17H14ClN3O2S/c18-13-2-1-3-14(10-13)21-16(22)20-11-12-4-6-15(7-5-12)23-17-19-8-9-24-17/h1-10H,11H2,(H2,20,21,22). The van der Waals surface area contributed by atoms with Gasteiger partial charge in [-0.25, -0.2) is 9.78 Å². The summed E-state index contributed by atoms with van der Waals surface area (Å²) in [5.41, 5.74) is 1.61. The number of urea groups is 1. The van der Waals surface area contributed by atoms with Crippen molar-refractivity contribution < 1.29 is 9.53 Å². The predicted octanol–water partition coefficient (Wildman–Crippen LogP) is 4.91. The molecule has 2 N–H and O–H groups in total. The Balaban J connectivity index is 1.50. The number of nitrogens with zero attached hydrogens (tertiary/aromatic N) is 1. The Morgan fingerprint density at radius 2 is 2.04 bits per heavy atom. The van der Waals surface area contributed by atoms with Crippen LogP contribution in [0.25, 0.3) is 0 Å². The van der Waals surface area contributed by atoms with E-state index in [1.54, 1.807) is 30.5 Å². The molecule has 3 rings (SSSR count). The van der Waals surface area contributed by atoms with Crippen molar-refractivity contribution >= 4 is 34.7 Å². The van der Waals surface area contributed by atoms with Crippen LogP contribution in [0.4, 0.5) is 10.5 Å². The van der Waals surface area contributed by atoms with E-state index in [2.05, 4.69) is 15.6 Å². The number of carbonyl (C=O) groups is 1. The zero-order valence-corrected chi connectivity index (χ0v) is 14.1. The maximum Gasteiger partial charge on any atom is 0.319 e. The number of hydrogen-bond donors (Lipinski definition) is 2. The molecule has 0 spiro atoms. The van der Waals surface area contributed by atoms with E-state index in [0.717, 1.165) is 5.56 Å². The molecule has 2 amide bonds. The minimum atomic E-state index is -0.291. The van der Waals surface area contributed by atoms with Crippen LogP contribution in [0.15, 0.2) is 60.1 Å². The SMILES string of the molecule is O=C(NCc1ccc(Oc2nccs2)cc1)Nc1cccc(Cl)c1. The fraction of sp³-hybridized carbons (Fsp3) is 0.0588. The highest BCUT2D eigenvalue weighted by atomic mass is 35.5. The second-order valence-corrected chi connectivity index (χ2v) is 6.16. The first kappa shape index (κ1) is 16.3. The van der Waals surface area contributed by atoms with E-state index >= 15 is 0 Å². The number of anilines is 1. The Labute approximate surface area is 148 Å². The zero-order valence-electron chi connectivity index (χ0n) is 12.5. The normalized spacial score (nSPS) is 10.2. The lowest BCUT2D eigenvalue weighted by molar-refractivity contribution is 0.251. The smallest absolute Gasteiger partial charge is 0.319 e. The average Bonchev–Trinajstić information content (AvgIpc) is 3.07. The summed E-state index contributed by atoms with van der Waals surface area (Å²) in [7, 11) is 0. The lowest BCUT2D eigenvalue weighted by atomic mass is 10.2. The Morgan fingerprint density at radius 3 is 2.75 bits per heavy atom. The van der Waals surface area contributed by atoms with Crippen molar-refractivity contribution in [3.05, 3.63) is 70.7 Å². The number of rotatable bonds is 5. The van der Waals surface area contributed by atoms with Gasteiger partial charge in [0.1, 0.15) is 5.75 Å². The summed E-state index contributed by atoms with van der Waals surface area (Å²) >= 11 is 7.31. The highest BCUT2D eigenvalue weighted by molar-refractivity contribution is 7.11. The van der Waals surface area contributed by atoms with E-state index in [0.29, 0.717) is 28.2 Å². The minimum Gasteiger partial charge on any atom is -0.431 e. The highest BCUT2D eigenvalue weighted by Gasteiger charge is 2.03. The van der Waals surface area contributed by atoms with Crippen LogP contribution in [0.1, 0.15) is 5.56 Å². The van der Waals surface area contributed by atoms with E-state index in [4.69, 9.17) is 16.3 Å². The topological polar surface area (TPSA) is 63.2 Å². The molecule has 3 aromatic rings. The van der Waals surface area contributed by atoms with Gasteiger partial charge in [-0.05, 0) is 35.9 Å². The monoisotopic (exact) mass is 359 g/mol. The summed E-state index contributed by atoms with van der Waals surface area (Å²) in [6.07, 6.45) is 1.69.